The van der Waals surface area contributed by atoms with Gasteiger partial charge in [0, 0.05) is 23.3 Å². The second-order valence-electron chi connectivity index (χ2n) is 5.90. The number of benzene rings is 2. The second-order valence-corrected chi connectivity index (χ2v) is 5.90. The van der Waals surface area contributed by atoms with Crippen LogP contribution < -0.4 is 15.4 Å². The van der Waals surface area contributed by atoms with Crippen LogP contribution in [-0.4, -0.2) is 23.3 Å². The van der Waals surface area contributed by atoms with E-state index >= 15 is 0 Å². The average Bonchev–Trinajstić information content (AvgIpc) is 3.29. The predicted octanol–water partition coefficient (Wildman–Crippen LogP) is 3.86. The third-order valence-electron chi connectivity index (χ3n) is 4.16. The summed E-state index contributed by atoms with van der Waals surface area (Å²) in [7, 11) is 1.55. The van der Waals surface area contributed by atoms with Crippen LogP contribution in [-0.2, 0) is 13.0 Å². The molecule has 2 N–H and O–H groups in total. The Morgan fingerprint density at radius 1 is 1.07 bits per heavy atom. The lowest BCUT2D eigenvalue weighted by Crippen LogP contribution is -2.28. The van der Waals surface area contributed by atoms with Crippen molar-refractivity contribution in [3.05, 3.63) is 48.2 Å². The van der Waals surface area contributed by atoms with Crippen LogP contribution >= 0.6 is 0 Å². The number of nitrogens with zero attached hydrogens (tertiary/aromatic N) is 2. The van der Waals surface area contributed by atoms with Crippen LogP contribution in [0.2, 0.25) is 0 Å². The number of urea groups is 1. The van der Waals surface area contributed by atoms with Crippen molar-refractivity contribution in [1.29, 1.82) is 0 Å². The molecule has 0 aliphatic carbocycles. The van der Waals surface area contributed by atoms with Gasteiger partial charge in [-0.15, -0.1) is 10.2 Å². The first-order chi connectivity index (χ1) is 13.2. The molecule has 8 nitrogen and oxygen atoms in total. The third kappa shape index (κ3) is 3.29. The fraction of sp³-hybridized carbons (Fsp3) is 0.211. The Morgan fingerprint density at radius 2 is 1.89 bits per heavy atom. The van der Waals surface area contributed by atoms with Crippen molar-refractivity contribution in [2.75, 3.05) is 12.4 Å². The molecule has 4 aromatic rings. The maximum Gasteiger partial charge on any atom is 0.319 e. The molecule has 8 heteroatoms. The molecule has 0 unspecified atom stereocenters. The number of aromatic nitrogens is 2. The summed E-state index contributed by atoms with van der Waals surface area (Å²) in [5.74, 6) is 1.42. The molecule has 0 bridgehead atoms. The molecular formula is C19H18N4O4. The molecule has 0 saturated heterocycles. The van der Waals surface area contributed by atoms with Crippen LogP contribution in [0.15, 0.2) is 45.2 Å². The Kier molecular flexibility index (Phi) is 4.37. The number of anilines is 1. The first-order valence-electron chi connectivity index (χ1n) is 8.53. The molecule has 0 fully saturated rings. The molecule has 0 atom stereocenters. The van der Waals surface area contributed by atoms with Crippen molar-refractivity contribution in [2.45, 2.75) is 19.9 Å². The quantitative estimate of drug-likeness (QED) is 0.556. The number of aryl methyl sites for hydroxylation is 1. The molecule has 2 amide bonds. The molecule has 27 heavy (non-hydrogen) atoms. The number of carbonyl (C=O) groups is 1. The van der Waals surface area contributed by atoms with E-state index in [1.165, 1.54) is 0 Å². The van der Waals surface area contributed by atoms with Gasteiger partial charge in [-0.1, -0.05) is 25.1 Å². The van der Waals surface area contributed by atoms with Crippen molar-refractivity contribution in [3.8, 4) is 5.75 Å². The van der Waals surface area contributed by atoms with E-state index in [9.17, 15) is 4.79 Å². The summed E-state index contributed by atoms with van der Waals surface area (Å²) in [6.45, 7) is 2.05. The van der Waals surface area contributed by atoms with Crippen molar-refractivity contribution >= 4 is 33.7 Å². The van der Waals surface area contributed by atoms with Gasteiger partial charge in [0.25, 0.3) is 0 Å². The Hall–Kier alpha value is -3.55. The topological polar surface area (TPSA) is 102 Å². The van der Waals surface area contributed by atoms with Crippen molar-refractivity contribution in [3.63, 3.8) is 0 Å². The van der Waals surface area contributed by atoms with E-state index in [1.807, 2.05) is 37.3 Å². The normalized spacial score (nSPS) is 11.0. The maximum atomic E-state index is 12.2. The summed E-state index contributed by atoms with van der Waals surface area (Å²) in [6, 6.07) is 10.9. The van der Waals surface area contributed by atoms with E-state index in [0.29, 0.717) is 35.2 Å². The van der Waals surface area contributed by atoms with Gasteiger partial charge in [0.05, 0.1) is 19.3 Å². The van der Waals surface area contributed by atoms with Crippen LogP contribution in [0.3, 0.4) is 0 Å². The number of furan rings is 1. The lowest BCUT2D eigenvalue weighted by Gasteiger charge is -2.10. The number of fused-ring (bicyclic) bond motifs is 3. The molecule has 4 rings (SSSR count). The number of hydrogen-bond acceptors (Lipinski definition) is 6. The van der Waals surface area contributed by atoms with Gasteiger partial charge >= 0.3 is 6.03 Å². The average molecular weight is 366 g/mol. The van der Waals surface area contributed by atoms with Gasteiger partial charge in [-0.2, -0.15) is 0 Å². The minimum atomic E-state index is -0.417. The number of rotatable bonds is 5. The molecule has 2 aromatic heterocycles. The van der Waals surface area contributed by atoms with Crippen LogP contribution in [0.25, 0.3) is 21.9 Å². The van der Waals surface area contributed by atoms with E-state index in [4.69, 9.17) is 13.6 Å². The number of para-hydroxylation sites is 1. The van der Waals surface area contributed by atoms with E-state index in [0.717, 1.165) is 16.4 Å². The molecular weight excluding hydrogens is 348 g/mol. The molecule has 138 valence electrons. The smallest absolute Gasteiger partial charge is 0.319 e. The van der Waals surface area contributed by atoms with Gasteiger partial charge in [-0.25, -0.2) is 4.79 Å². The highest BCUT2D eigenvalue weighted by atomic mass is 16.5. The van der Waals surface area contributed by atoms with Crippen LogP contribution in [0.4, 0.5) is 10.5 Å². The van der Waals surface area contributed by atoms with Crippen LogP contribution in [0, 0.1) is 0 Å². The first kappa shape index (κ1) is 16.9. The van der Waals surface area contributed by atoms with E-state index in [-0.39, 0.29) is 6.54 Å². The fourth-order valence-corrected chi connectivity index (χ4v) is 2.84. The summed E-state index contributed by atoms with van der Waals surface area (Å²) < 4.78 is 16.7. The van der Waals surface area contributed by atoms with Gasteiger partial charge in [0.15, 0.2) is 0 Å². The highest BCUT2D eigenvalue weighted by molar-refractivity contribution is 6.07. The summed E-state index contributed by atoms with van der Waals surface area (Å²) >= 11 is 0. The molecule has 0 radical (unpaired) electrons. The first-order valence-corrected chi connectivity index (χ1v) is 8.53. The summed E-state index contributed by atoms with van der Waals surface area (Å²) in [4.78, 5) is 12.2. The summed E-state index contributed by atoms with van der Waals surface area (Å²) in [5, 5.41) is 15.1. The monoisotopic (exact) mass is 366 g/mol. The Labute approximate surface area is 154 Å². The van der Waals surface area contributed by atoms with Gasteiger partial charge in [0.1, 0.15) is 16.9 Å². The summed E-state index contributed by atoms with van der Waals surface area (Å²) in [5.41, 5.74) is 1.94. The summed E-state index contributed by atoms with van der Waals surface area (Å²) in [6.07, 6.45) is 0.647. The van der Waals surface area contributed by atoms with Gasteiger partial charge in [-0.05, 0) is 12.1 Å². The zero-order valence-electron chi connectivity index (χ0n) is 14.9. The number of methoxy groups -OCH3 is 1. The zero-order chi connectivity index (χ0) is 18.8. The highest BCUT2D eigenvalue weighted by Gasteiger charge is 2.14. The highest BCUT2D eigenvalue weighted by Crippen LogP contribution is 2.36. The Bertz CT molecular complexity index is 1120. The van der Waals surface area contributed by atoms with Gasteiger partial charge < -0.3 is 24.2 Å². The fourth-order valence-electron chi connectivity index (χ4n) is 2.84. The third-order valence-corrected chi connectivity index (χ3v) is 4.16. The minimum Gasteiger partial charge on any atom is -0.495 e. The van der Waals surface area contributed by atoms with Crippen molar-refractivity contribution < 1.29 is 18.4 Å². The van der Waals surface area contributed by atoms with E-state index in [1.54, 1.807) is 13.2 Å². The van der Waals surface area contributed by atoms with Gasteiger partial charge in [0.2, 0.25) is 11.8 Å². The zero-order valence-corrected chi connectivity index (χ0v) is 14.9. The maximum absolute atomic E-state index is 12.2. The van der Waals surface area contributed by atoms with E-state index < -0.39 is 6.03 Å². The number of amides is 2. The minimum absolute atomic E-state index is 0.133. The number of carbonyl (C=O) groups excluding carboxylic acids is 1. The largest absolute Gasteiger partial charge is 0.495 e. The molecule has 0 aliphatic rings. The molecule has 2 aromatic carbocycles. The van der Waals surface area contributed by atoms with Crippen LogP contribution in [0.5, 0.6) is 5.75 Å². The molecule has 2 heterocycles. The molecule has 0 aliphatic heterocycles. The molecule has 0 saturated carbocycles. The number of hydrogen-bond donors (Lipinski definition) is 2. The SMILES string of the molecule is CCc1nnc(CNC(=O)Nc2cc3oc4ccccc4c3cc2OC)o1. The second kappa shape index (κ2) is 6.99. The van der Waals surface area contributed by atoms with Crippen molar-refractivity contribution in [2.24, 2.45) is 0 Å². The Balaban J connectivity index is 1.55. The standard InChI is InChI=1S/C19H18N4O4/c1-3-17-22-23-18(27-17)10-20-19(24)21-13-9-15-12(8-16(13)25-2)11-6-4-5-7-14(11)26-15/h4-9H,3,10H2,1-2H3,(H2,20,21,24). The number of ether oxygens (including phenoxy) is 1. The van der Waals surface area contributed by atoms with Gasteiger partial charge in [-0.3, -0.25) is 0 Å². The lowest BCUT2D eigenvalue weighted by molar-refractivity contribution is 0.250. The molecule has 0 spiro atoms. The van der Waals surface area contributed by atoms with E-state index in [2.05, 4.69) is 20.8 Å². The predicted molar refractivity (Wildman–Crippen MR) is 99.8 cm³/mol. The number of nitrogens with one attached hydrogen (secondary N) is 2. The van der Waals surface area contributed by atoms with Crippen molar-refractivity contribution in [1.82, 2.24) is 15.5 Å². The lowest BCUT2D eigenvalue weighted by atomic mass is 10.1. The Morgan fingerprint density at radius 3 is 2.67 bits per heavy atom. The van der Waals surface area contributed by atoms with Crippen LogP contribution in [0.1, 0.15) is 18.7 Å².